The van der Waals surface area contributed by atoms with Crippen molar-refractivity contribution in [1.82, 2.24) is 15.1 Å². The van der Waals surface area contributed by atoms with Crippen LogP contribution in [0.5, 0.6) is 0 Å². The quantitative estimate of drug-likeness (QED) is 0.468. The molecule has 0 fully saturated rings. The van der Waals surface area contributed by atoms with E-state index in [0.29, 0.717) is 43.0 Å². The minimum Gasteiger partial charge on any atom is -0.382 e. The van der Waals surface area contributed by atoms with Gasteiger partial charge in [-0.15, -0.1) is 0 Å². The summed E-state index contributed by atoms with van der Waals surface area (Å²) >= 11 is 6.18. The Morgan fingerprint density at radius 2 is 1.87 bits per heavy atom. The first-order valence-corrected chi connectivity index (χ1v) is 10.1. The van der Waals surface area contributed by atoms with Gasteiger partial charge in [-0.25, -0.2) is 4.68 Å². The molecule has 0 aliphatic carbocycles. The Bertz CT molecular complexity index is 1030. The second-order valence-electron chi connectivity index (χ2n) is 6.66. The van der Waals surface area contributed by atoms with E-state index in [2.05, 4.69) is 10.4 Å². The number of hydrogen-bond donors (Lipinski definition) is 1. The summed E-state index contributed by atoms with van der Waals surface area (Å²) in [4.78, 5) is 12.3. The molecular formula is C22H21ClF3N3O2. The summed E-state index contributed by atoms with van der Waals surface area (Å²) in [5.74, 6) is -0.265. The van der Waals surface area contributed by atoms with E-state index in [1.54, 1.807) is 48.5 Å². The predicted octanol–water partition coefficient (Wildman–Crippen LogP) is 5.37. The molecule has 0 bridgehead atoms. The Balaban J connectivity index is 1.86. The summed E-state index contributed by atoms with van der Waals surface area (Å²) in [6.07, 6.45) is -3.92. The third-order valence-electron chi connectivity index (χ3n) is 4.48. The molecular weight excluding hydrogens is 431 g/mol. The lowest BCUT2D eigenvalue weighted by Gasteiger charge is -2.10. The van der Waals surface area contributed by atoms with Gasteiger partial charge in [0.15, 0.2) is 5.69 Å². The number of carbonyl (C=O) groups excluding carboxylic acids is 1. The Kier molecular flexibility index (Phi) is 7.35. The second-order valence-corrected chi connectivity index (χ2v) is 7.07. The number of alkyl halides is 3. The predicted molar refractivity (Wildman–Crippen MR) is 112 cm³/mol. The molecule has 0 aliphatic rings. The number of hydrogen-bond acceptors (Lipinski definition) is 3. The summed E-state index contributed by atoms with van der Waals surface area (Å²) in [6.45, 7) is 3.55. The second kappa shape index (κ2) is 9.98. The van der Waals surface area contributed by atoms with Crippen LogP contribution < -0.4 is 5.32 Å². The summed E-state index contributed by atoms with van der Waals surface area (Å²) in [6, 6.07) is 13.8. The van der Waals surface area contributed by atoms with Gasteiger partial charge in [0.25, 0.3) is 5.91 Å². The maximum absolute atomic E-state index is 13.3. The van der Waals surface area contributed by atoms with Crippen LogP contribution >= 0.6 is 11.6 Å². The van der Waals surface area contributed by atoms with Crippen molar-refractivity contribution in [2.24, 2.45) is 0 Å². The minimum absolute atomic E-state index is 0.212. The molecule has 1 aromatic heterocycles. The maximum atomic E-state index is 13.3. The van der Waals surface area contributed by atoms with Gasteiger partial charge in [-0.3, -0.25) is 4.79 Å². The lowest BCUT2D eigenvalue weighted by atomic mass is 10.1. The molecule has 0 spiro atoms. The summed E-state index contributed by atoms with van der Waals surface area (Å²) in [5, 5.41) is 6.78. The van der Waals surface area contributed by atoms with Gasteiger partial charge in [-0.05, 0) is 43.7 Å². The molecule has 0 saturated carbocycles. The molecule has 5 nitrogen and oxygen atoms in total. The van der Waals surface area contributed by atoms with Gasteiger partial charge in [0, 0.05) is 30.9 Å². The first kappa shape index (κ1) is 22.8. The molecule has 0 atom stereocenters. The van der Waals surface area contributed by atoms with Gasteiger partial charge in [-0.2, -0.15) is 18.3 Å². The molecule has 1 N–H and O–H groups in total. The number of aromatic nitrogens is 2. The molecule has 9 heteroatoms. The molecule has 1 amide bonds. The van der Waals surface area contributed by atoms with Crippen LogP contribution in [-0.2, 0) is 10.9 Å². The van der Waals surface area contributed by atoms with Crippen molar-refractivity contribution >= 4 is 17.5 Å². The van der Waals surface area contributed by atoms with E-state index in [9.17, 15) is 18.0 Å². The molecule has 3 rings (SSSR count). The van der Waals surface area contributed by atoms with Crippen LogP contribution in [0, 0.1) is 0 Å². The standard InChI is InChI=1S/C22H21ClF3N3O2/c1-2-31-13-5-12-27-21(30)16-10-8-15(9-11-16)19-14-20(22(24,25)26)28-29(19)18-7-4-3-6-17(18)23/h3-4,6-11,14H,2,5,12-13H2,1H3,(H,27,30). The van der Waals surface area contributed by atoms with Crippen molar-refractivity contribution in [3.63, 3.8) is 0 Å². The highest BCUT2D eigenvalue weighted by Gasteiger charge is 2.35. The van der Waals surface area contributed by atoms with Crippen LogP contribution in [0.3, 0.4) is 0 Å². The summed E-state index contributed by atoms with van der Waals surface area (Å²) in [7, 11) is 0. The first-order valence-electron chi connectivity index (χ1n) is 9.69. The molecule has 0 aliphatic heterocycles. The van der Waals surface area contributed by atoms with Gasteiger partial charge >= 0.3 is 6.18 Å². The molecule has 164 valence electrons. The highest BCUT2D eigenvalue weighted by molar-refractivity contribution is 6.32. The van der Waals surface area contributed by atoms with E-state index >= 15 is 0 Å². The maximum Gasteiger partial charge on any atom is 0.435 e. The number of amides is 1. The molecule has 0 radical (unpaired) electrons. The monoisotopic (exact) mass is 451 g/mol. The fraction of sp³-hybridized carbons (Fsp3) is 0.273. The van der Waals surface area contributed by atoms with Gasteiger partial charge in [0.05, 0.1) is 16.4 Å². The van der Waals surface area contributed by atoms with Crippen molar-refractivity contribution in [3.05, 3.63) is 70.9 Å². The van der Waals surface area contributed by atoms with Gasteiger partial charge in [0.2, 0.25) is 0 Å². The molecule has 3 aromatic rings. The van der Waals surface area contributed by atoms with Crippen LogP contribution in [0.4, 0.5) is 13.2 Å². The molecule has 2 aromatic carbocycles. The van der Waals surface area contributed by atoms with Crippen LogP contribution in [0.1, 0.15) is 29.4 Å². The van der Waals surface area contributed by atoms with Crippen molar-refractivity contribution < 1.29 is 22.7 Å². The third-order valence-corrected chi connectivity index (χ3v) is 4.80. The van der Waals surface area contributed by atoms with E-state index in [-0.39, 0.29) is 16.6 Å². The minimum atomic E-state index is -4.61. The van der Waals surface area contributed by atoms with Crippen molar-refractivity contribution in [1.29, 1.82) is 0 Å². The van der Waals surface area contributed by atoms with Crippen molar-refractivity contribution in [3.8, 4) is 16.9 Å². The SMILES string of the molecule is CCOCCCNC(=O)c1ccc(-c2cc(C(F)(F)F)nn2-c2ccccc2Cl)cc1. The fourth-order valence-corrected chi connectivity index (χ4v) is 3.16. The number of benzene rings is 2. The summed E-state index contributed by atoms with van der Waals surface area (Å²) < 4.78 is 46.3. The number of carbonyl (C=O) groups is 1. The zero-order chi connectivity index (χ0) is 22.4. The van der Waals surface area contributed by atoms with E-state index in [1.807, 2.05) is 6.92 Å². The fourth-order valence-electron chi connectivity index (χ4n) is 2.95. The Hall–Kier alpha value is -2.84. The average Bonchev–Trinajstić information content (AvgIpc) is 3.20. The van der Waals surface area contributed by atoms with E-state index < -0.39 is 11.9 Å². The van der Waals surface area contributed by atoms with Crippen LogP contribution in [0.15, 0.2) is 54.6 Å². The zero-order valence-corrected chi connectivity index (χ0v) is 17.5. The van der Waals surface area contributed by atoms with E-state index in [4.69, 9.17) is 16.3 Å². The van der Waals surface area contributed by atoms with Gasteiger partial charge in [0.1, 0.15) is 0 Å². The van der Waals surface area contributed by atoms with Crippen molar-refractivity contribution in [2.75, 3.05) is 19.8 Å². The van der Waals surface area contributed by atoms with E-state index in [0.717, 1.165) is 10.7 Å². The smallest absolute Gasteiger partial charge is 0.382 e. The lowest BCUT2D eigenvalue weighted by Crippen LogP contribution is -2.25. The van der Waals surface area contributed by atoms with Gasteiger partial charge < -0.3 is 10.1 Å². The summed E-state index contributed by atoms with van der Waals surface area (Å²) in [5.41, 5.74) is 0.379. The molecule has 31 heavy (non-hydrogen) atoms. The molecule has 1 heterocycles. The lowest BCUT2D eigenvalue weighted by molar-refractivity contribution is -0.141. The molecule has 0 unspecified atom stereocenters. The van der Waals surface area contributed by atoms with Crippen LogP contribution in [0.2, 0.25) is 5.02 Å². The van der Waals surface area contributed by atoms with Gasteiger partial charge in [-0.1, -0.05) is 35.9 Å². The molecule has 0 saturated heterocycles. The normalized spacial score (nSPS) is 11.5. The Labute approximate surface area is 182 Å². The Morgan fingerprint density at radius 1 is 1.16 bits per heavy atom. The largest absolute Gasteiger partial charge is 0.435 e. The third kappa shape index (κ3) is 5.65. The average molecular weight is 452 g/mol. The topological polar surface area (TPSA) is 56.1 Å². The number of para-hydroxylation sites is 1. The number of nitrogens with zero attached hydrogens (tertiary/aromatic N) is 2. The number of rotatable bonds is 8. The van der Waals surface area contributed by atoms with E-state index in [1.165, 1.54) is 0 Å². The zero-order valence-electron chi connectivity index (χ0n) is 16.7. The van der Waals surface area contributed by atoms with Crippen molar-refractivity contribution in [2.45, 2.75) is 19.5 Å². The highest BCUT2D eigenvalue weighted by atomic mass is 35.5. The first-order chi connectivity index (χ1) is 14.8. The number of nitrogens with one attached hydrogen (secondary N) is 1. The van der Waals surface area contributed by atoms with Crippen LogP contribution in [-0.4, -0.2) is 35.4 Å². The Morgan fingerprint density at radius 3 is 2.52 bits per heavy atom. The number of halogens is 4. The highest BCUT2D eigenvalue weighted by Crippen LogP contribution is 2.34. The van der Waals surface area contributed by atoms with Crippen LogP contribution in [0.25, 0.3) is 16.9 Å². The number of ether oxygens (including phenoxy) is 1.